The van der Waals surface area contributed by atoms with E-state index in [0.717, 1.165) is 49.8 Å². The first-order valence-electron chi connectivity index (χ1n) is 12.9. The van der Waals surface area contributed by atoms with Crippen molar-refractivity contribution in [2.45, 2.75) is 75.7 Å². The van der Waals surface area contributed by atoms with Crippen LogP contribution in [0.25, 0.3) is 0 Å². The van der Waals surface area contributed by atoms with E-state index in [1.54, 1.807) is 17.0 Å². The Balaban J connectivity index is 1.56. The minimum Gasteiger partial charge on any atom is -0.481 e. The maximum absolute atomic E-state index is 13.8. The average molecular weight is 549 g/mol. The van der Waals surface area contributed by atoms with Gasteiger partial charge in [0.2, 0.25) is 5.91 Å². The van der Waals surface area contributed by atoms with Crippen molar-refractivity contribution in [1.29, 1.82) is 0 Å². The lowest BCUT2D eigenvalue weighted by Crippen LogP contribution is -2.55. The maximum Gasteiger partial charge on any atom is 0.416 e. The van der Waals surface area contributed by atoms with Crippen LogP contribution in [0.15, 0.2) is 42.5 Å². The molecule has 3 unspecified atom stereocenters. The summed E-state index contributed by atoms with van der Waals surface area (Å²) in [5.74, 6) is -1.74. The molecule has 2 aliphatic carbocycles. The van der Waals surface area contributed by atoms with Gasteiger partial charge in [0.25, 0.3) is 5.91 Å². The summed E-state index contributed by atoms with van der Waals surface area (Å²) in [6, 6.07) is 8.82. The smallest absolute Gasteiger partial charge is 0.416 e. The van der Waals surface area contributed by atoms with Crippen LogP contribution in [-0.4, -0.2) is 39.9 Å². The standard InChI is InChI=1S/C28H28ClF3N2O4/c29-18-11-12-21-23(15-18)34(27(38)16-7-9-17(10-8-16)28(30,31)32)22-6-2-5-20(22)26(21)33(19-3-1-4-19)24(35)13-14-25(36)37/h7-12,15,19-20,22,26H,1-6,13-14H2,(H,36,37). The van der Waals surface area contributed by atoms with E-state index in [1.807, 2.05) is 11.0 Å². The number of hydrogen-bond acceptors (Lipinski definition) is 3. The van der Waals surface area contributed by atoms with Crippen LogP contribution in [0.3, 0.4) is 0 Å². The number of halogens is 4. The minimum atomic E-state index is -4.51. The van der Waals surface area contributed by atoms with Crippen LogP contribution in [0, 0.1) is 5.92 Å². The van der Waals surface area contributed by atoms with E-state index < -0.39 is 23.6 Å². The van der Waals surface area contributed by atoms with Crippen molar-refractivity contribution in [3.8, 4) is 0 Å². The third-order valence-electron chi connectivity index (χ3n) is 8.13. The number of carboxylic acids is 1. The first-order chi connectivity index (χ1) is 18.1. The molecule has 5 rings (SSSR count). The van der Waals surface area contributed by atoms with Gasteiger partial charge in [0.1, 0.15) is 0 Å². The van der Waals surface area contributed by atoms with Crippen LogP contribution in [0.4, 0.5) is 18.9 Å². The first kappa shape index (κ1) is 26.5. The third-order valence-corrected chi connectivity index (χ3v) is 8.36. The molecule has 3 atom stereocenters. The molecule has 0 aromatic heterocycles. The summed E-state index contributed by atoms with van der Waals surface area (Å²) < 4.78 is 39.3. The lowest BCUT2D eigenvalue weighted by Gasteiger charge is -2.51. The number of carbonyl (C=O) groups excluding carboxylic acids is 2. The van der Waals surface area contributed by atoms with E-state index in [9.17, 15) is 32.7 Å². The minimum absolute atomic E-state index is 0.00300. The lowest BCUT2D eigenvalue weighted by molar-refractivity contribution is -0.145. The summed E-state index contributed by atoms with van der Waals surface area (Å²) in [4.78, 5) is 42.0. The number of fused-ring (bicyclic) bond motifs is 2. The fourth-order valence-electron chi connectivity index (χ4n) is 6.19. The zero-order valence-corrected chi connectivity index (χ0v) is 21.3. The highest BCUT2D eigenvalue weighted by Gasteiger charge is 2.50. The number of nitrogens with zero attached hydrogens (tertiary/aromatic N) is 2. The molecule has 38 heavy (non-hydrogen) atoms. The molecule has 2 aromatic carbocycles. The molecular weight excluding hydrogens is 521 g/mol. The molecule has 0 saturated heterocycles. The molecule has 1 heterocycles. The molecule has 1 aliphatic heterocycles. The number of hydrogen-bond donors (Lipinski definition) is 1. The Hall–Kier alpha value is -3.07. The first-order valence-corrected chi connectivity index (χ1v) is 13.3. The number of carbonyl (C=O) groups is 3. The molecular formula is C28H28ClF3N2O4. The highest BCUT2D eigenvalue weighted by atomic mass is 35.5. The van der Waals surface area contributed by atoms with Gasteiger partial charge >= 0.3 is 12.1 Å². The van der Waals surface area contributed by atoms with E-state index in [2.05, 4.69) is 0 Å². The van der Waals surface area contributed by atoms with Gasteiger partial charge in [0.05, 0.1) is 23.7 Å². The van der Waals surface area contributed by atoms with E-state index >= 15 is 0 Å². The monoisotopic (exact) mass is 548 g/mol. The van der Waals surface area contributed by atoms with Crippen molar-refractivity contribution in [3.05, 3.63) is 64.2 Å². The molecule has 202 valence electrons. The normalized spacial score (nSPS) is 22.8. The zero-order chi connectivity index (χ0) is 27.2. The Morgan fingerprint density at radius 3 is 2.26 bits per heavy atom. The molecule has 0 spiro atoms. The number of carboxylic acid groups (broad SMARTS) is 1. The Morgan fingerprint density at radius 2 is 1.66 bits per heavy atom. The highest BCUT2D eigenvalue weighted by molar-refractivity contribution is 6.31. The number of amides is 2. The van der Waals surface area contributed by atoms with Gasteiger partial charge in [-0.2, -0.15) is 13.2 Å². The third kappa shape index (κ3) is 4.88. The van der Waals surface area contributed by atoms with Crippen LogP contribution in [0.5, 0.6) is 0 Å². The maximum atomic E-state index is 13.8. The summed E-state index contributed by atoms with van der Waals surface area (Å²) in [5, 5.41) is 9.58. The summed E-state index contributed by atoms with van der Waals surface area (Å²) in [7, 11) is 0. The average Bonchev–Trinajstić information content (AvgIpc) is 3.31. The number of alkyl halides is 3. The summed E-state index contributed by atoms with van der Waals surface area (Å²) in [6.45, 7) is 0. The molecule has 1 N–H and O–H groups in total. The fraction of sp³-hybridized carbons (Fsp3) is 0.464. The molecule has 2 aromatic rings. The summed E-state index contributed by atoms with van der Waals surface area (Å²) in [5.41, 5.74) is 0.617. The zero-order valence-electron chi connectivity index (χ0n) is 20.6. The lowest BCUT2D eigenvalue weighted by atomic mass is 9.78. The SMILES string of the molecule is O=C(O)CCC(=O)N(C1CCC1)C1c2ccc(Cl)cc2N(C(=O)c2ccc(C(F)(F)F)cc2)C2CCCC21. The number of rotatable bonds is 6. The topological polar surface area (TPSA) is 77.9 Å². The second-order valence-electron chi connectivity index (χ2n) is 10.3. The van der Waals surface area contributed by atoms with E-state index in [1.165, 1.54) is 12.1 Å². The quantitative estimate of drug-likeness (QED) is 0.448. The second kappa shape index (κ2) is 10.2. The molecule has 2 fully saturated rings. The van der Waals surface area contributed by atoms with Gasteiger partial charge in [-0.1, -0.05) is 24.1 Å². The van der Waals surface area contributed by atoms with Crippen LogP contribution in [0.2, 0.25) is 5.02 Å². The Bertz CT molecular complexity index is 1250. The second-order valence-corrected chi connectivity index (χ2v) is 10.8. The number of aliphatic carboxylic acids is 1. The molecule has 6 nitrogen and oxygen atoms in total. The van der Waals surface area contributed by atoms with Crippen molar-refractivity contribution in [2.24, 2.45) is 5.92 Å². The Morgan fingerprint density at radius 1 is 0.974 bits per heavy atom. The van der Waals surface area contributed by atoms with E-state index in [0.29, 0.717) is 17.1 Å². The Labute approximate surface area is 223 Å². The van der Waals surface area contributed by atoms with Crippen molar-refractivity contribution in [2.75, 3.05) is 4.90 Å². The molecule has 3 aliphatic rings. The van der Waals surface area contributed by atoms with E-state index in [-0.39, 0.29) is 48.4 Å². The predicted octanol–water partition coefficient (Wildman–Crippen LogP) is 6.47. The van der Waals surface area contributed by atoms with Crippen molar-refractivity contribution in [1.82, 2.24) is 4.90 Å². The van der Waals surface area contributed by atoms with Gasteiger partial charge in [-0.05, 0) is 74.1 Å². The number of anilines is 1. The largest absolute Gasteiger partial charge is 0.481 e. The van der Waals surface area contributed by atoms with Gasteiger partial charge in [0.15, 0.2) is 0 Å². The fourth-order valence-corrected chi connectivity index (χ4v) is 6.36. The van der Waals surface area contributed by atoms with Crippen LogP contribution < -0.4 is 4.90 Å². The summed E-state index contributed by atoms with van der Waals surface area (Å²) in [6.07, 6.45) is 0.0748. The molecule has 0 radical (unpaired) electrons. The van der Waals surface area contributed by atoms with Gasteiger partial charge in [-0.15, -0.1) is 0 Å². The van der Waals surface area contributed by atoms with Crippen LogP contribution in [0.1, 0.15) is 78.9 Å². The van der Waals surface area contributed by atoms with Gasteiger partial charge in [0, 0.05) is 35.0 Å². The molecule has 10 heteroatoms. The van der Waals surface area contributed by atoms with Gasteiger partial charge < -0.3 is 14.9 Å². The van der Waals surface area contributed by atoms with Gasteiger partial charge in [-0.3, -0.25) is 14.4 Å². The number of benzene rings is 2. The molecule has 0 bridgehead atoms. The highest BCUT2D eigenvalue weighted by Crippen LogP contribution is 2.53. The molecule has 2 amide bonds. The molecule has 2 saturated carbocycles. The van der Waals surface area contributed by atoms with Crippen molar-refractivity contribution >= 4 is 35.1 Å². The van der Waals surface area contributed by atoms with Gasteiger partial charge in [-0.25, -0.2) is 0 Å². The van der Waals surface area contributed by atoms with Crippen LogP contribution >= 0.6 is 11.6 Å². The van der Waals surface area contributed by atoms with E-state index in [4.69, 9.17) is 11.6 Å². The van der Waals surface area contributed by atoms with Crippen LogP contribution in [-0.2, 0) is 15.8 Å². The Kier molecular flexibility index (Phi) is 7.15. The van der Waals surface area contributed by atoms with Crippen molar-refractivity contribution < 1.29 is 32.7 Å². The summed E-state index contributed by atoms with van der Waals surface area (Å²) >= 11 is 6.37. The van der Waals surface area contributed by atoms with Crippen molar-refractivity contribution in [3.63, 3.8) is 0 Å². The predicted molar refractivity (Wildman–Crippen MR) is 135 cm³/mol.